The summed E-state index contributed by atoms with van der Waals surface area (Å²) in [6, 6.07) is 0.517. The highest BCUT2D eigenvalue weighted by molar-refractivity contribution is 5.95. The van der Waals surface area contributed by atoms with Gasteiger partial charge in [0.25, 0.3) is 0 Å². The molecule has 0 radical (unpaired) electrons. The standard InChI is InChI=1S/C14H11F3N4O4/c15-14(16,17)8-5-11(20(22)23)13(12(6-8)21(24)25)19-18-10-4-7-2-1-3-9(7)10/h1,3,5-7,9,19H,2,4H2/b18-10-. The second-order valence-electron chi connectivity index (χ2n) is 5.77. The van der Waals surface area contributed by atoms with E-state index in [1.165, 1.54) is 0 Å². The molecular weight excluding hydrogens is 345 g/mol. The number of anilines is 1. The van der Waals surface area contributed by atoms with Gasteiger partial charge in [-0.15, -0.1) is 0 Å². The average Bonchev–Trinajstić information content (AvgIpc) is 2.86. The van der Waals surface area contributed by atoms with Crippen LogP contribution in [0.5, 0.6) is 0 Å². The van der Waals surface area contributed by atoms with Crippen LogP contribution >= 0.6 is 0 Å². The van der Waals surface area contributed by atoms with Gasteiger partial charge >= 0.3 is 17.6 Å². The normalized spacial score (nSPS) is 23.2. The van der Waals surface area contributed by atoms with Crippen LogP contribution in [0.15, 0.2) is 29.4 Å². The highest BCUT2D eigenvalue weighted by Crippen LogP contribution is 2.43. The second kappa shape index (κ2) is 5.83. The number of nitro groups is 2. The molecule has 25 heavy (non-hydrogen) atoms. The first-order valence-corrected chi connectivity index (χ1v) is 7.21. The molecule has 2 aliphatic carbocycles. The number of nitrogens with one attached hydrogen (secondary N) is 1. The predicted molar refractivity (Wildman–Crippen MR) is 81.2 cm³/mol. The fraction of sp³-hybridized carbons (Fsp3) is 0.357. The molecule has 1 aromatic carbocycles. The maximum atomic E-state index is 12.8. The summed E-state index contributed by atoms with van der Waals surface area (Å²) in [7, 11) is 0. The topological polar surface area (TPSA) is 111 Å². The Morgan fingerprint density at radius 1 is 1.16 bits per heavy atom. The molecule has 3 rings (SSSR count). The Hall–Kier alpha value is -2.98. The van der Waals surface area contributed by atoms with Crippen molar-refractivity contribution in [3.63, 3.8) is 0 Å². The Balaban J connectivity index is 2.01. The number of benzene rings is 1. The lowest BCUT2D eigenvalue weighted by atomic mass is 9.74. The van der Waals surface area contributed by atoms with Gasteiger partial charge < -0.3 is 0 Å². The smallest absolute Gasteiger partial charge is 0.266 e. The lowest BCUT2D eigenvalue weighted by Gasteiger charge is -2.31. The third-order valence-electron chi connectivity index (χ3n) is 4.27. The largest absolute Gasteiger partial charge is 0.416 e. The van der Waals surface area contributed by atoms with Crippen LogP contribution in [-0.4, -0.2) is 15.6 Å². The molecule has 0 aromatic heterocycles. The molecule has 132 valence electrons. The van der Waals surface area contributed by atoms with Gasteiger partial charge in [0.1, 0.15) is 0 Å². The number of hydrogen-bond acceptors (Lipinski definition) is 6. The Labute approximate surface area is 138 Å². The molecule has 1 aromatic rings. The number of alkyl halides is 3. The Morgan fingerprint density at radius 2 is 1.76 bits per heavy atom. The van der Waals surface area contributed by atoms with Gasteiger partial charge in [-0.05, 0) is 18.8 Å². The number of halogens is 3. The molecule has 2 unspecified atom stereocenters. The molecule has 2 atom stereocenters. The minimum absolute atomic E-state index is 0.0695. The second-order valence-corrected chi connectivity index (χ2v) is 5.77. The van der Waals surface area contributed by atoms with Gasteiger partial charge in [-0.3, -0.25) is 25.7 Å². The fourth-order valence-electron chi connectivity index (χ4n) is 2.97. The number of hydrazone groups is 1. The number of fused-ring (bicyclic) bond motifs is 1. The molecule has 1 fully saturated rings. The van der Waals surface area contributed by atoms with Gasteiger partial charge in [-0.25, -0.2) is 0 Å². The summed E-state index contributed by atoms with van der Waals surface area (Å²) in [5.74, 6) is 0.471. The Kier molecular flexibility index (Phi) is 3.93. The third-order valence-corrected chi connectivity index (χ3v) is 4.27. The van der Waals surface area contributed by atoms with Gasteiger partial charge in [0.15, 0.2) is 0 Å². The first-order valence-electron chi connectivity index (χ1n) is 7.21. The van der Waals surface area contributed by atoms with Crippen LogP contribution in [0.4, 0.5) is 30.2 Å². The molecule has 1 N–H and O–H groups in total. The van der Waals surface area contributed by atoms with Crippen LogP contribution in [0.3, 0.4) is 0 Å². The first kappa shape index (κ1) is 16.9. The molecule has 0 saturated heterocycles. The van der Waals surface area contributed by atoms with Crippen molar-refractivity contribution in [3.8, 4) is 0 Å². The van der Waals surface area contributed by atoms with Crippen molar-refractivity contribution in [2.75, 3.05) is 5.43 Å². The summed E-state index contributed by atoms with van der Waals surface area (Å²) in [5.41, 5.74) is -1.34. The van der Waals surface area contributed by atoms with E-state index in [2.05, 4.69) is 10.5 Å². The molecule has 0 bridgehead atoms. The Bertz CT molecular complexity index is 784. The molecular formula is C14H11F3N4O4. The van der Waals surface area contributed by atoms with Crippen molar-refractivity contribution in [1.29, 1.82) is 0 Å². The van der Waals surface area contributed by atoms with Crippen molar-refractivity contribution >= 4 is 22.8 Å². The first-order chi connectivity index (χ1) is 11.7. The van der Waals surface area contributed by atoms with Crippen LogP contribution in [0.25, 0.3) is 0 Å². The highest BCUT2D eigenvalue weighted by Gasteiger charge is 2.40. The molecule has 2 aliphatic rings. The van der Waals surface area contributed by atoms with Crippen molar-refractivity contribution < 1.29 is 23.0 Å². The van der Waals surface area contributed by atoms with Gasteiger partial charge in [0.05, 0.1) is 15.4 Å². The number of nitro benzene ring substituents is 2. The van der Waals surface area contributed by atoms with Crippen molar-refractivity contribution in [1.82, 2.24) is 0 Å². The van der Waals surface area contributed by atoms with Crippen LogP contribution in [0.2, 0.25) is 0 Å². The van der Waals surface area contributed by atoms with E-state index in [0.717, 1.165) is 6.42 Å². The van der Waals surface area contributed by atoms with Crippen molar-refractivity contribution in [3.05, 3.63) is 50.1 Å². The van der Waals surface area contributed by atoms with Crippen LogP contribution < -0.4 is 5.43 Å². The molecule has 8 nitrogen and oxygen atoms in total. The van der Waals surface area contributed by atoms with E-state index in [9.17, 15) is 33.4 Å². The summed E-state index contributed by atoms with van der Waals surface area (Å²) < 4.78 is 38.5. The minimum Gasteiger partial charge on any atom is -0.266 e. The molecule has 0 heterocycles. The quantitative estimate of drug-likeness (QED) is 0.500. The van der Waals surface area contributed by atoms with E-state index in [1.54, 1.807) is 0 Å². The van der Waals surface area contributed by atoms with E-state index >= 15 is 0 Å². The monoisotopic (exact) mass is 356 g/mol. The van der Waals surface area contributed by atoms with Gasteiger partial charge in [-0.2, -0.15) is 18.3 Å². The van der Waals surface area contributed by atoms with Gasteiger partial charge in [-0.1, -0.05) is 12.2 Å². The molecule has 1 saturated carbocycles. The number of hydrogen-bond donors (Lipinski definition) is 1. The lowest BCUT2D eigenvalue weighted by molar-refractivity contribution is -0.392. The van der Waals surface area contributed by atoms with Crippen molar-refractivity contribution in [2.45, 2.75) is 19.0 Å². The van der Waals surface area contributed by atoms with E-state index in [4.69, 9.17) is 0 Å². The molecule has 0 spiro atoms. The van der Waals surface area contributed by atoms with Crippen molar-refractivity contribution in [2.24, 2.45) is 16.9 Å². The Morgan fingerprint density at radius 3 is 2.24 bits per heavy atom. The fourth-order valence-corrected chi connectivity index (χ4v) is 2.97. The van der Waals surface area contributed by atoms with E-state index < -0.39 is 38.6 Å². The average molecular weight is 356 g/mol. The number of allylic oxidation sites excluding steroid dienone is 2. The molecule has 0 amide bonds. The van der Waals surface area contributed by atoms with Gasteiger partial charge in [0.2, 0.25) is 5.69 Å². The molecule has 11 heteroatoms. The zero-order valence-corrected chi connectivity index (χ0v) is 12.5. The summed E-state index contributed by atoms with van der Waals surface area (Å²) in [4.78, 5) is 20.0. The summed E-state index contributed by atoms with van der Waals surface area (Å²) in [6.07, 6.45) is 0.470. The number of nitrogens with zero attached hydrogens (tertiary/aromatic N) is 3. The van der Waals surface area contributed by atoms with E-state index in [-0.39, 0.29) is 18.1 Å². The maximum absolute atomic E-state index is 12.8. The lowest BCUT2D eigenvalue weighted by Crippen LogP contribution is -2.33. The van der Waals surface area contributed by atoms with E-state index in [1.807, 2.05) is 12.2 Å². The highest BCUT2D eigenvalue weighted by atomic mass is 19.4. The maximum Gasteiger partial charge on any atom is 0.416 e. The van der Waals surface area contributed by atoms with E-state index in [0.29, 0.717) is 18.1 Å². The van der Waals surface area contributed by atoms with Crippen LogP contribution in [0, 0.1) is 32.1 Å². The summed E-state index contributed by atoms with van der Waals surface area (Å²) in [6.45, 7) is 0. The van der Waals surface area contributed by atoms with Crippen LogP contribution in [0.1, 0.15) is 18.4 Å². The predicted octanol–water partition coefficient (Wildman–Crippen LogP) is 3.89. The zero-order valence-electron chi connectivity index (χ0n) is 12.5. The van der Waals surface area contributed by atoms with Gasteiger partial charge in [0, 0.05) is 23.8 Å². The SMILES string of the molecule is O=[N+]([O-])c1cc(C(F)(F)F)cc([N+](=O)[O-])c1N/N=C1/CC2CC=CC12. The van der Waals surface area contributed by atoms with Crippen LogP contribution in [-0.2, 0) is 6.18 Å². The molecule has 0 aliphatic heterocycles. The summed E-state index contributed by atoms with van der Waals surface area (Å²) in [5, 5.41) is 26.2. The number of rotatable bonds is 4. The third kappa shape index (κ3) is 3.04. The zero-order chi connectivity index (χ0) is 18.4. The minimum atomic E-state index is -4.95. The summed E-state index contributed by atoms with van der Waals surface area (Å²) >= 11 is 0.